The number of aromatic nitrogens is 2. The number of hydrogen-bond donors (Lipinski definition) is 1. The van der Waals surface area contributed by atoms with Crippen LogP contribution in [0.15, 0.2) is 47.4 Å². The first-order valence-electron chi connectivity index (χ1n) is 9.15. The molecule has 3 aromatic rings. The number of rotatable bonds is 7. The number of nitrogens with zero attached hydrogens (tertiary/aromatic N) is 2. The van der Waals surface area contributed by atoms with Gasteiger partial charge in [0.25, 0.3) is 5.56 Å². The molecule has 0 amide bonds. The van der Waals surface area contributed by atoms with Crippen molar-refractivity contribution < 1.29 is 14.3 Å². The quantitative estimate of drug-likeness (QED) is 0.499. The summed E-state index contributed by atoms with van der Waals surface area (Å²) < 4.78 is 12.2. The van der Waals surface area contributed by atoms with Crippen molar-refractivity contribution in [1.82, 2.24) is 9.55 Å². The summed E-state index contributed by atoms with van der Waals surface area (Å²) in [6.07, 6.45) is 2.60. The average Bonchev–Trinajstić information content (AvgIpc) is 2.72. The van der Waals surface area contributed by atoms with Crippen molar-refractivity contribution in [2.24, 2.45) is 7.05 Å². The fraction of sp³-hybridized carbons (Fsp3) is 0.286. The van der Waals surface area contributed by atoms with Gasteiger partial charge in [0.15, 0.2) is 0 Å². The van der Waals surface area contributed by atoms with E-state index in [-0.39, 0.29) is 17.2 Å². The van der Waals surface area contributed by atoms with Crippen molar-refractivity contribution in [3.8, 4) is 16.9 Å². The first-order chi connectivity index (χ1) is 13.5. The highest BCUT2D eigenvalue weighted by atomic mass is 16.5. The molecule has 7 nitrogen and oxygen atoms in total. The Bertz CT molecular complexity index is 1060. The normalized spacial score (nSPS) is 10.8. The summed E-state index contributed by atoms with van der Waals surface area (Å²) in [6.45, 7) is 2.49. The Hall–Kier alpha value is -3.35. The van der Waals surface area contributed by atoms with E-state index < -0.39 is 0 Å². The summed E-state index contributed by atoms with van der Waals surface area (Å²) >= 11 is 0. The number of ether oxygens (including phenoxy) is 2. The molecule has 0 saturated carbocycles. The fourth-order valence-electron chi connectivity index (χ4n) is 2.98. The van der Waals surface area contributed by atoms with Gasteiger partial charge in [0.05, 0.1) is 13.2 Å². The average molecular weight is 381 g/mol. The number of esters is 1. The Labute approximate surface area is 162 Å². The van der Waals surface area contributed by atoms with Gasteiger partial charge in [-0.15, -0.1) is 0 Å². The molecule has 2 aromatic heterocycles. The summed E-state index contributed by atoms with van der Waals surface area (Å²) in [4.78, 5) is 28.0. The lowest BCUT2D eigenvalue weighted by Gasteiger charge is -2.14. The maximum absolute atomic E-state index is 12.5. The second-order valence-corrected chi connectivity index (χ2v) is 6.33. The molecule has 2 N–H and O–H groups in total. The Morgan fingerprint density at radius 1 is 1.21 bits per heavy atom. The van der Waals surface area contributed by atoms with Crippen LogP contribution >= 0.6 is 0 Å². The smallest absolute Gasteiger partial charge is 0.305 e. The summed E-state index contributed by atoms with van der Waals surface area (Å²) in [5, 5.41) is 0.797. The Balaban J connectivity index is 1.85. The lowest BCUT2D eigenvalue weighted by atomic mass is 10.0. The third kappa shape index (κ3) is 3.98. The Morgan fingerprint density at radius 3 is 2.82 bits per heavy atom. The van der Waals surface area contributed by atoms with Gasteiger partial charge in [-0.3, -0.25) is 14.2 Å². The van der Waals surface area contributed by atoms with Crippen LogP contribution in [0.3, 0.4) is 0 Å². The van der Waals surface area contributed by atoms with Gasteiger partial charge in [0.2, 0.25) is 0 Å². The second-order valence-electron chi connectivity index (χ2n) is 6.33. The minimum Gasteiger partial charge on any atom is -0.493 e. The molecule has 3 rings (SSSR count). The molecule has 1 aromatic carbocycles. The molecule has 28 heavy (non-hydrogen) atoms. The van der Waals surface area contributed by atoms with E-state index in [1.165, 1.54) is 4.57 Å². The molecule has 0 saturated heterocycles. The number of aryl methyl sites for hydroxylation is 1. The summed E-state index contributed by atoms with van der Waals surface area (Å²) in [5.41, 5.74) is 8.05. The summed E-state index contributed by atoms with van der Waals surface area (Å²) in [5.74, 6) is 0.431. The van der Waals surface area contributed by atoms with Gasteiger partial charge < -0.3 is 15.2 Å². The van der Waals surface area contributed by atoms with Gasteiger partial charge in [-0.25, -0.2) is 4.98 Å². The largest absolute Gasteiger partial charge is 0.493 e. The van der Waals surface area contributed by atoms with Crippen molar-refractivity contribution in [3.05, 3.63) is 52.9 Å². The third-order valence-corrected chi connectivity index (χ3v) is 4.41. The number of benzene rings is 1. The first kappa shape index (κ1) is 19.4. The van der Waals surface area contributed by atoms with Gasteiger partial charge in [0.1, 0.15) is 17.1 Å². The molecule has 0 bridgehead atoms. The van der Waals surface area contributed by atoms with E-state index in [2.05, 4.69) is 4.98 Å². The number of nitrogen functional groups attached to an aromatic ring is 1. The van der Waals surface area contributed by atoms with E-state index >= 15 is 0 Å². The van der Waals surface area contributed by atoms with Crippen molar-refractivity contribution in [2.45, 2.75) is 19.8 Å². The SMILES string of the molecule is CCC(=O)OCCCOc1cccc(-c2c(N)c(=O)n(C)c3ncccc23)c1. The lowest BCUT2D eigenvalue weighted by Crippen LogP contribution is -2.22. The molecule has 0 atom stereocenters. The fourth-order valence-corrected chi connectivity index (χ4v) is 2.98. The minimum atomic E-state index is -0.287. The van der Waals surface area contributed by atoms with Crippen molar-refractivity contribution in [1.29, 1.82) is 0 Å². The van der Waals surface area contributed by atoms with E-state index in [9.17, 15) is 9.59 Å². The molecule has 0 unspecified atom stereocenters. The van der Waals surface area contributed by atoms with Gasteiger partial charge in [0, 0.05) is 37.0 Å². The van der Waals surface area contributed by atoms with E-state index in [4.69, 9.17) is 15.2 Å². The zero-order valence-electron chi connectivity index (χ0n) is 16.0. The van der Waals surface area contributed by atoms with E-state index in [0.29, 0.717) is 43.0 Å². The number of fused-ring (bicyclic) bond motifs is 1. The molecule has 0 aliphatic rings. The molecule has 0 aliphatic carbocycles. The Kier molecular flexibility index (Phi) is 5.93. The predicted molar refractivity (Wildman–Crippen MR) is 108 cm³/mol. The van der Waals surface area contributed by atoms with Crippen LogP contribution in [0.5, 0.6) is 5.75 Å². The molecule has 146 valence electrons. The van der Waals surface area contributed by atoms with Crippen LogP contribution < -0.4 is 16.0 Å². The zero-order valence-corrected chi connectivity index (χ0v) is 16.0. The molecule has 0 radical (unpaired) electrons. The number of pyridine rings is 2. The molecular formula is C21H23N3O4. The molecular weight excluding hydrogens is 358 g/mol. The molecule has 0 fully saturated rings. The highest BCUT2D eigenvalue weighted by Gasteiger charge is 2.15. The van der Waals surface area contributed by atoms with E-state index in [1.54, 1.807) is 20.2 Å². The zero-order chi connectivity index (χ0) is 20.1. The number of nitrogens with two attached hydrogens (primary N) is 1. The standard InChI is InChI=1S/C21H23N3O4/c1-3-17(25)28-12-6-11-27-15-8-4-7-14(13-15)18-16-9-5-10-23-20(16)24(2)21(26)19(18)22/h4-5,7-10,13H,3,6,11-12,22H2,1-2H3. The minimum absolute atomic E-state index is 0.173. The Morgan fingerprint density at radius 2 is 2.04 bits per heavy atom. The van der Waals surface area contributed by atoms with Crippen LogP contribution in [-0.2, 0) is 16.6 Å². The van der Waals surface area contributed by atoms with Gasteiger partial charge >= 0.3 is 5.97 Å². The maximum atomic E-state index is 12.5. The molecule has 0 aliphatic heterocycles. The van der Waals surface area contributed by atoms with Crippen LogP contribution in [0.2, 0.25) is 0 Å². The molecule has 7 heteroatoms. The highest BCUT2D eigenvalue weighted by molar-refractivity contribution is 5.99. The highest BCUT2D eigenvalue weighted by Crippen LogP contribution is 2.32. The first-order valence-corrected chi connectivity index (χ1v) is 9.15. The topological polar surface area (TPSA) is 96.4 Å². The molecule has 2 heterocycles. The summed E-state index contributed by atoms with van der Waals surface area (Å²) in [6, 6.07) is 11.1. The van der Waals surface area contributed by atoms with E-state index in [0.717, 1.165) is 10.9 Å². The van der Waals surface area contributed by atoms with Crippen LogP contribution in [-0.4, -0.2) is 28.7 Å². The van der Waals surface area contributed by atoms with Crippen LogP contribution in [0.25, 0.3) is 22.2 Å². The van der Waals surface area contributed by atoms with Crippen molar-refractivity contribution >= 4 is 22.7 Å². The predicted octanol–water partition coefficient (Wildman–Crippen LogP) is 2.90. The van der Waals surface area contributed by atoms with Crippen LogP contribution in [0, 0.1) is 0 Å². The van der Waals surface area contributed by atoms with Gasteiger partial charge in [-0.2, -0.15) is 0 Å². The lowest BCUT2D eigenvalue weighted by molar-refractivity contribution is -0.143. The van der Waals surface area contributed by atoms with Gasteiger partial charge in [-0.05, 0) is 29.8 Å². The monoisotopic (exact) mass is 381 g/mol. The summed E-state index contributed by atoms with van der Waals surface area (Å²) in [7, 11) is 1.66. The second kappa shape index (κ2) is 8.56. The number of hydrogen-bond acceptors (Lipinski definition) is 6. The number of anilines is 1. The van der Waals surface area contributed by atoms with Crippen molar-refractivity contribution in [3.63, 3.8) is 0 Å². The number of carbonyl (C=O) groups excluding carboxylic acids is 1. The van der Waals surface area contributed by atoms with Crippen LogP contribution in [0.4, 0.5) is 5.69 Å². The van der Waals surface area contributed by atoms with Gasteiger partial charge in [-0.1, -0.05) is 19.1 Å². The van der Waals surface area contributed by atoms with E-state index in [1.807, 2.05) is 36.4 Å². The van der Waals surface area contributed by atoms with Crippen LogP contribution in [0.1, 0.15) is 19.8 Å². The third-order valence-electron chi connectivity index (χ3n) is 4.41. The number of carbonyl (C=O) groups is 1. The van der Waals surface area contributed by atoms with Crippen molar-refractivity contribution in [2.75, 3.05) is 18.9 Å². The maximum Gasteiger partial charge on any atom is 0.305 e. The molecule has 0 spiro atoms.